The Morgan fingerprint density at radius 1 is 1.25 bits per heavy atom. The molecule has 3 atom stereocenters. The average molecular weight is 318 g/mol. The second kappa shape index (κ2) is 5.33. The lowest BCUT2D eigenvalue weighted by molar-refractivity contribution is 0.194. The van der Waals surface area contributed by atoms with Crippen molar-refractivity contribution < 1.29 is 0 Å². The van der Waals surface area contributed by atoms with Gasteiger partial charge < -0.3 is 10.3 Å². The second-order valence-electron chi connectivity index (χ2n) is 7.11. The highest BCUT2D eigenvalue weighted by Crippen LogP contribution is 2.50. The Labute approximate surface area is 141 Å². The quantitative estimate of drug-likeness (QED) is 0.766. The van der Waals surface area contributed by atoms with Crippen molar-refractivity contribution in [1.29, 1.82) is 0 Å². The van der Waals surface area contributed by atoms with Gasteiger partial charge in [0.25, 0.3) is 0 Å². The standard InChI is InChI=1S/C20H22N4/c1-2-12-10-21-19-18(12)20(23-11-22-19)24-17-9-16-14-6-4-3-5-13(14)7-8-15(16)17/h3-6,10-11,15-17H,2,7-9H2,1H3,(H2,21,22,23,24). The van der Waals surface area contributed by atoms with Crippen LogP contribution in [0.15, 0.2) is 36.8 Å². The number of rotatable bonds is 3. The molecule has 1 aromatic carbocycles. The number of aromatic amines is 1. The summed E-state index contributed by atoms with van der Waals surface area (Å²) in [5.41, 5.74) is 5.36. The third-order valence-corrected chi connectivity index (χ3v) is 6.00. The smallest absolute Gasteiger partial charge is 0.143 e. The van der Waals surface area contributed by atoms with E-state index in [1.165, 1.54) is 30.2 Å². The third kappa shape index (κ3) is 1.98. The summed E-state index contributed by atoms with van der Waals surface area (Å²) < 4.78 is 0. The molecule has 1 saturated carbocycles. The van der Waals surface area contributed by atoms with Gasteiger partial charge in [-0.25, -0.2) is 9.97 Å². The third-order valence-electron chi connectivity index (χ3n) is 6.00. The number of anilines is 1. The van der Waals surface area contributed by atoms with E-state index in [1.807, 2.05) is 0 Å². The van der Waals surface area contributed by atoms with E-state index >= 15 is 0 Å². The molecule has 2 aliphatic rings. The fourth-order valence-corrected chi connectivity index (χ4v) is 4.67. The van der Waals surface area contributed by atoms with Gasteiger partial charge in [0.05, 0.1) is 5.39 Å². The molecule has 4 nitrogen and oxygen atoms in total. The van der Waals surface area contributed by atoms with E-state index in [0.717, 1.165) is 29.7 Å². The Morgan fingerprint density at radius 2 is 2.17 bits per heavy atom. The van der Waals surface area contributed by atoms with E-state index in [1.54, 1.807) is 17.5 Å². The second-order valence-corrected chi connectivity index (χ2v) is 7.11. The van der Waals surface area contributed by atoms with Crippen LogP contribution in [0.3, 0.4) is 0 Å². The van der Waals surface area contributed by atoms with Gasteiger partial charge in [-0.1, -0.05) is 31.2 Å². The molecule has 5 rings (SSSR count). The fraction of sp³-hybridized carbons (Fsp3) is 0.400. The van der Waals surface area contributed by atoms with E-state index in [9.17, 15) is 0 Å². The molecule has 0 saturated heterocycles. The Balaban J connectivity index is 1.42. The summed E-state index contributed by atoms with van der Waals surface area (Å²) in [5.74, 6) is 2.45. The molecule has 4 heteroatoms. The van der Waals surface area contributed by atoms with Gasteiger partial charge in [0, 0.05) is 12.2 Å². The maximum Gasteiger partial charge on any atom is 0.143 e. The summed E-state index contributed by atoms with van der Waals surface area (Å²) in [5, 5.41) is 4.91. The summed E-state index contributed by atoms with van der Waals surface area (Å²) in [7, 11) is 0. The van der Waals surface area contributed by atoms with Gasteiger partial charge in [0.1, 0.15) is 17.8 Å². The van der Waals surface area contributed by atoms with Crippen molar-refractivity contribution in [3.63, 3.8) is 0 Å². The van der Waals surface area contributed by atoms with Crippen LogP contribution in [0.1, 0.15) is 42.4 Å². The Kier molecular flexibility index (Phi) is 3.12. The molecule has 122 valence electrons. The van der Waals surface area contributed by atoms with Crippen molar-refractivity contribution in [2.45, 2.75) is 44.6 Å². The van der Waals surface area contributed by atoms with Crippen molar-refractivity contribution >= 4 is 16.9 Å². The Hall–Kier alpha value is -2.36. The van der Waals surface area contributed by atoms with Gasteiger partial charge in [-0.2, -0.15) is 0 Å². The SMILES string of the molecule is CCc1c[nH]c2ncnc(NC3CC4c5ccccc5CCC34)c12. The molecule has 2 heterocycles. The van der Waals surface area contributed by atoms with Gasteiger partial charge in [0.2, 0.25) is 0 Å². The number of benzene rings is 1. The molecule has 0 amide bonds. The highest BCUT2D eigenvalue weighted by atomic mass is 15.1. The summed E-state index contributed by atoms with van der Waals surface area (Å²) >= 11 is 0. The molecular weight excluding hydrogens is 296 g/mol. The molecule has 2 aliphatic carbocycles. The fourth-order valence-electron chi connectivity index (χ4n) is 4.67. The maximum absolute atomic E-state index is 4.55. The molecule has 2 N–H and O–H groups in total. The van der Waals surface area contributed by atoms with E-state index in [4.69, 9.17) is 0 Å². The topological polar surface area (TPSA) is 53.6 Å². The zero-order chi connectivity index (χ0) is 16.1. The van der Waals surface area contributed by atoms with Crippen LogP contribution < -0.4 is 5.32 Å². The molecule has 0 bridgehead atoms. The van der Waals surface area contributed by atoms with Crippen LogP contribution in [-0.4, -0.2) is 21.0 Å². The number of aromatic nitrogens is 3. The molecule has 3 aromatic rings. The predicted molar refractivity (Wildman–Crippen MR) is 96.3 cm³/mol. The summed E-state index contributed by atoms with van der Waals surface area (Å²) in [4.78, 5) is 12.2. The van der Waals surface area contributed by atoms with Crippen LogP contribution in [0, 0.1) is 5.92 Å². The lowest BCUT2D eigenvalue weighted by atomic mass is 9.60. The lowest BCUT2D eigenvalue weighted by Crippen LogP contribution is -2.47. The Morgan fingerprint density at radius 3 is 3.08 bits per heavy atom. The summed E-state index contributed by atoms with van der Waals surface area (Å²) in [6.45, 7) is 2.18. The van der Waals surface area contributed by atoms with Crippen molar-refractivity contribution in [2.24, 2.45) is 5.92 Å². The van der Waals surface area contributed by atoms with Crippen molar-refractivity contribution in [1.82, 2.24) is 15.0 Å². The Bertz CT molecular complexity index is 898. The molecule has 3 unspecified atom stereocenters. The highest BCUT2D eigenvalue weighted by Gasteiger charge is 2.44. The van der Waals surface area contributed by atoms with E-state index in [-0.39, 0.29) is 0 Å². The monoisotopic (exact) mass is 318 g/mol. The van der Waals surface area contributed by atoms with Gasteiger partial charge in [-0.3, -0.25) is 0 Å². The summed E-state index contributed by atoms with van der Waals surface area (Å²) in [6.07, 6.45) is 8.41. The van der Waals surface area contributed by atoms with E-state index in [2.05, 4.69) is 57.7 Å². The average Bonchev–Trinajstić information content (AvgIpc) is 3.03. The van der Waals surface area contributed by atoms with Gasteiger partial charge in [0.15, 0.2) is 0 Å². The van der Waals surface area contributed by atoms with Gasteiger partial charge in [-0.05, 0) is 54.2 Å². The first-order valence-electron chi connectivity index (χ1n) is 9.00. The van der Waals surface area contributed by atoms with Gasteiger partial charge in [-0.15, -0.1) is 0 Å². The minimum atomic E-state index is 0.529. The number of fused-ring (bicyclic) bond motifs is 4. The van der Waals surface area contributed by atoms with Crippen LogP contribution in [0.4, 0.5) is 5.82 Å². The van der Waals surface area contributed by atoms with Crippen LogP contribution >= 0.6 is 0 Å². The number of H-pyrrole nitrogens is 1. The number of hydrogen-bond donors (Lipinski definition) is 2. The molecule has 2 aromatic heterocycles. The molecule has 0 aliphatic heterocycles. The number of nitrogens with one attached hydrogen (secondary N) is 2. The predicted octanol–water partition coefficient (Wildman–Crippen LogP) is 4.05. The van der Waals surface area contributed by atoms with Crippen molar-refractivity contribution in [3.8, 4) is 0 Å². The van der Waals surface area contributed by atoms with E-state index in [0.29, 0.717) is 6.04 Å². The zero-order valence-electron chi connectivity index (χ0n) is 13.9. The normalized spacial score (nSPS) is 25.0. The number of aryl methyl sites for hydroxylation is 2. The van der Waals surface area contributed by atoms with Crippen molar-refractivity contribution in [3.05, 3.63) is 53.5 Å². The maximum atomic E-state index is 4.55. The molecular formula is C20H22N4. The first-order valence-corrected chi connectivity index (χ1v) is 9.00. The molecule has 0 spiro atoms. The van der Waals surface area contributed by atoms with Gasteiger partial charge >= 0.3 is 0 Å². The first kappa shape index (κ1) is 14.0. The van der Waals surface area contributed by atoms with Crippen LogP contribution in [0.25, 0.3) is 11.0 Å². The number of hydrogen-bond acceptors (Lipinski definition) is 3. The minimum absolute atomic E-state index is 0.529. The first-order chi connectivity index (χ1) is 11.8. The lowest BCUT2D eigenvalue weighted by Gasteiger charge is -2.49. The van der Waals surface area contributed by atoms with E-state index < -0.39 is 0 Å². The highest BCUT2D eigenvalue weighted by molar-refractivity contribution is 5.90. The molecule has 24 heavy (non-hydrogen) atoms. The van der Waals surface area contributed by atoms with Crippen LogP contribution in [-0.2, 0) is 12.8 Å². The summed E-state index contributed by atoms with van der Waals surface area (Å²) in [6, 6.07) is 9.51. The molecule has 1 fully saturated rings. The van der Waals surface area contributed by atoms with Crippen LogP contribution in [0.2, 0.25) is 0 Å². The zero-order valence-corrected chi connectivity index (χ0v) is 13.9. The molecule has 0 radical (unpaired) electrons. The van der Waals surface area contributed by atoms with Crippen LogP contribution in [0.5, 0.6) is 0 Å². The van der Waals surface area contributed by atoms with Crippen molar-refractivity contribution in [2.75, 3.05) is 5.32 Å². The minimum Gasteiger partial charge on any atom is -0.366 e. The number of nitrogens with zero attached hydrogens (tertiary/aromatic N) is 2. The largest absolute Gasteiger partial charge is 0.366 e.